The first kappa shape index (κ1) is 15.0. The maximum Gasteiger partial charge on any atom is 0.0604 e. The molecule has 108 valence electrons. The van der Waals surface area contributed by atoms with Crippen LogP contribution in [0.3, 0.4) is 0 Å². The van der Waals surface area contributed by atoms with Crippen molar-refractivity contribution in [3.8, 4) is 0 Å². The first-order valence-electron chi connectivity index (χ1n) is 7.02. The Morgan fingerprint density at radius 3 is 2.75 bits per heavy atom. The number of anilines is 1. The van der Waals surface area contributed by atoms with E-state index >= 15 is 0 Å². The van der Waals surface area contributed by atoms with Gasteiger partial charge < -0.3 is 10.2 Å². The van der Waals surface area contributed by atoms with Crippen molar-refractivity contribution in [1.82, 2.24) is 10.3 Å². The van der Waals surface area contributed by atoms with E-state index in [1.165, 1.54) is 16.1 Å². The molecule has 0 bridgehead atoms. The molecule has 1 atom stereocenters. The third kappa shape index (κ3) is 3.58. The lowest BCUT2D eigenvalue weighted by molar-refractivity contribution is 0.586. The molecular formula is C16H23N3S. The highest BCUT2D eigenvalue weighted by Crippen LogP contribution is 2.29. The summed E-state index contributed by atoms with van der Waals surface area (Å²) < 4.78 is 0. The lowest BCUT2D eigenvalue weighted by atomic mass is 10.1. The summed E-state index contributed by atoms with van der Waals surface area (Å²) in [5, 5.41) is 5.61. The van der Waals surface area contributed by atoms with Gasteiger partial charge in [0.2, 0.25) is 0 Å². The molecular weight excluding hydrogens is 266 g/mol. The number of rotatable bonds is 6. The minimum absolute atomic E-state index is 0.358. The summed E-state index contributed by atoms with van der Waals surface area (Å²) in [6.07, 6.45) is 3.83. The van der Waals surface area contributed by atoms with Crippen molar-refractivity contribution in [2.75, 3.05) is 11.9 Å². The van der Waals surface area contributed by atoms with Gasteiger partial charge in [-0.15, -0.1) is 11.3 Å². The van der Waals surface area contributed by atoms with Crippen LogP contribution in [0.25, 0.3) is 0 Å². The van der Waals surface area contributed by atoms with Crippen molar-refractivity contribution in [1.29, 1.82) is 0 Å². The zero-order valence-corrected chi connectivity index (χ0v) is 13.4. The van der Waals surface area contributed by atoms with E-state index in [1.807, 2.05) is 12.4 Å². The first-order chi connectivity index (χ1) is 9.59. The standard InChI is InChI=1S/C16H23N3S/c1-12(2)18-10-14-7-8-17-11-15(14)19(4)13(3)16-6-5-9-20-16/h5-9,11-13,18H,10H2,1-4H3. The molecule has 2 rings (SSSR count). The van der Waals surface area contributed by atoms with Crippen LogP contribution in [0.15, 0.2) is 36.0 Å². The molecule has 0 fully saturated rings. The zero-order chi connectivity index (χ0) is 14.5. The number of pyridine rings is 1. The molecule has 2 aromatic rings. The van der Waals surface area contributed by atoms with Gasteiger partial charge in [0.1, 0.15) is 0 Å². The van der Waals surface area contributed by atoms with Crippen LogP contribution in [0.1, 0.15) is 37.3 Å². The van der Waals surface area contributed by atoms with Crippen molar-refractivity contribution in [2.45, 2.75) is 39.4 Å². The summed E-state index contributed by atoms with van der Waals surface area (Å²) in [5.74, 6) is 0. The van der Waals surface area contributed by atoms with E-state index in [-0.39, 0.29) is 0 Å². The fourth-order valence-electron chi connectivity index (χ4n) is 2.12. The van der Waals surface area contributed by atoms with Crippen LogP contribution in [-0.2, 0) is 6.54 Å². The molecule has 0 aliphatic rings. The Morgan fingerprint density at radius 1 is 1.30 bits per heavy atom. The highest BCUT2D eigenvalue weighted by atomic mass is 32.1. The van der Waals surface area contributed by atoms with Crippen molar-refractivity contribution in [3.05, 3.63) is 46.4 Å². The monoisotopic (exact) mass is 289 g/mol. The maximum atomic E-state index is 4.29. The fourth-order valence-corrected chi connectivity index (χ4v) is 2.95. The Balaban J connectivity index is 2.18. The molecule has 3 nitrogen and oxygen atoms in total. The van der Waals surface area contributed by atoms with Gasteiger partial charge in [0.15, 0.2) is 0 Å². The summed E-state index contributed by atoms with van der Waals surface area (Å²) in [4.78, 5) is 7.97. The van der Waals surface area contributed by atoms with Crippen LogP contribution < -0.4 is 10.2 Å². The lowest BCUT2D eigenvalue weighted by Gasteiger charge is -2.28. The topological polar surface area (TPSA) is 28.2 Å². The Morgan fingerprint density at radius 2 is 2.10 bits per heavy atom. The minimum atomic E-state index is 0.358. The number of hydrogen-bond acceptors (Lipinski definition) is 4. The smallest absolute Gasteiger partial charge is 0.0604 e. The van der Waals surface area contributed by atoms with Crippen LogP contribution in [-0.4, -0.2) is 18.1 Å². The maximum absolute atomic E-state index is 4.29. The van der Waals surface area contributed by atoms with Crippen LogP contribution in [0.2, 0.25) is 0 Å². The molecule has 1 unspecified atom stereocenters. The number of thiophene rings is 1. The number of nitrogens with one attached hydrogen (secondary N) is 1. The number of hydrogen-bond donors (Lipinski definition) is 1. The summed E-state index contributed by atoms with van der Waals surface area (Å²) in [5.41, 5.74) is 2.49. The van der Waals surface area contributed by atoms with Crippen molar-refractivity contribution in [3.63, 3.8) is 0 Å². The van der Waals surface area contributed by atoms with Crippen molar-refractivity contribution < 1.29 is 0 Å². The van der Waals surface area contributed by atoms with Gasteiger partial charge in [-0.05, 0) is 30.0 Å². The molecule has 1 N–H and O–H groups in total. The van der Waals surface area contributed by atoms with Gasteiger partial charge in [0.25, 0.3) is 0 Å². The van der Waals surface area contributed by atoms with Crippen LogP contribution in [0.5, 0.6) is 0 Å². The van der Waals surface area contributed by atoms with Gasteiger partial charge >= 0.3 is 0 Å². The van der Waals surface area contributed by atoms with Gasteiger partial charge in [-0.1, -0.05) is 19.9 Å². The number of nitrogens with zero attached hydrogens (tertiary/aromatic N) is 2. The normalized spacial score (nSPS) is 12.7. The highest BCUT2D eigenvalue weighted by Gasteiger charge is 2.16. The van der Waals surface area contributed by atoms with E-state index in [9.17, 15) is 0 Å². The Kier molecular flexibility index (Phi) is 5.15. The second-order valence-corrected chi connectivity index (χ2v) is 6.32. The van der Waals surface area contributed by atoms with Gasteiger partial charge in [-0.2, -0.15) is 0 Å². The third-order valence-electron chi connectivity index (χ3n) is 3.50. The summed E-state index contributed by atoms with van der Waals surface area (Å²) in [6, 6.07) is 7.24. The molecule has 0 aliphatic heterocycles. The van der Waals surface area contributed by atoms with E-state index in [4.69, 9.17) is 0 Å². The predicted octanol–water partition coefficient (Wildman–Crippen LogP) is 3.84. The Bertz CT molecular complexity index is 522. The molecule has 0 saturated carbocycles. The second kappa shape index (κ2) is 6.86. The highest BCUT2D eigenvalue weighted by molar-refractivity contribution is 7.10. The van der Waals surface area contributed by atoms with Crippen LogP contribution in [0.4, 0.5) is 5.69 Å². The average Bonchev–Trinajstić information content (AvgIpc) is 2.98. The summed E-state index contributed by atoms with van der Waals surface area (Å²) in [6.45, 7) is 7.44. The SMILES string of the molecule is CC(C)NCc1ccncc1N(C)C(C)c1cccs1. The fraction of sp³-hybridized carbons (Fsp3) is 0.438. The van der Waals surface area contributed by atoms with E-state index in [2.05, 4.69) is 66.6 Å². The zero-order valence-electron chi connectivity index (χ0n) is 12.6. The summed E-state index contributed by atoms with van der Waals surface area (Å²) in [7, 11) is 2.14. The second-order valence-electron chi connectivity index (χ2n) is 5.34. The molecule has 0 aliphatic carbocycles. The van der Waals surface area contributed by atoms with Gasteiger partial charge in [0, 0.05) is 30.7 Å². The van der Waals surface area contributed by atoms with Crippen molar-refractivity contribution >= 4 is 17.0 Å². The Labute approximate surface area is 125 Å². The van der Waals surface area contributed by atoms with E-state index in [1.54, 1.807) is 11.3 Å². The number of aromatic nitrogens is 1. The van der Waals surface area contributed by atoms with E-state index in [0.717, 1.165) is 6.54 Å². The van der Waals surface area contributed by atoms with Gasteiger partial charge in [0.05, 0.1) is 17.9 Å². The molecule has 0 spiro atoms. The van der Waals surface area contributed by atoms with E-state index in [0.29, 0.717) is 12.1 Å². The molecule has 0 amide bonds. The minimum Gasteiger partial charge on any atom is -0.366 e. The third-order valence-corrected chi connectivity index (χ3v) is 4.55. The van der Waals surface area contributed by atoms with Crippen LogP contribution >= 0.6 is 11.3 Å². The molecule has 20 heavy (non-hydrogen) atoms. The summed E-state index contributed by atoms with van der Waals surface area (Å²) >= 11 is 1.80. The lowest BCUT2D eigenvalue weighted by Crippen LogP contribution is -2.26. The molecule has 4 heteroatoms. The van der Waals surface area contributed by atoms with E-state index < -0.39 is 0 Å². The first-order valence-corrected chi connectivity index (χ1v) is 7.90. The van der Waals surface area contributed by atoms with Gasteiger partial charge in [-0.3, -0.25) is 4.98 Å². The van der Waals surface area contributed by atoms with Crippen LogP contribution in [0, 0.1) is 0 Å². The molecule has 2 heterocycles. The van der Waals surface area contributed by atoms with Gasteiger partial charge in [-0.25, -0.2) is 0 Å². The Hall–Kier alpha value is -1.39. The predicted molar refractivity (Wildman–Crippen MR) is 87.3 cm³/mol. The molecule has 0 radical (unpaired) electrons. The largest absolute Gasteiger partial charge is 0.366 e. The average molecular weight is 289 g/mol. The van der Waals surface area contributed by atoms with Crippen molar-refractivity contribution in [2.24, 2.45) is 0 Å². The molecule has 0 saturated heterocycles. The molecule has 2 aromatic heterocycles. The quantitative estimate of drug-likeness (QED) is 0.876. The molecule has 0 aromatic carbocycles.